The Morgan fingerprint density at radius 1 is 1.14 bits per heavy atom. The van der Waals surface area contributed by atoms with Crippen molar-refractivity contribution in [3.8, 4) is 11.5 Å². The highest BCUT2D eigenvalue weighted by atomic mass is 35.5. The fourth-order valence-corrected chi connectivity index (χ4v) is 3.98. The minimum atomic E-state index is -0.527. The largest absolute Gasteiger partial charge is 0.497 e. The van der Waals surface area contributed by atoms with Gasteiger partial charge in [0.2, 0.25) is 0 Å². The standard InChI is InChI=1S/C20H19ClN2O5S/c1-4-28-18(24)11-23-15-7-6-13(26-2)10-17(15)29-20(23)22-19(25)14-9-12(21)5-8-16(14)27-3/h5-10H,4,11H2,1-3H3. The summed E-state index contributed by atoms with van der Waals surface area (Å²) in [6.07, 6.45) is 0. The Bertz CT molecular complexity index is 1140. The van der Waals surface area contributed by atoms with Gasteiger partial charge >= 0.3 is 5.97 Å². The molecule has 0 N–H and O–H groups in total. The van der Waals surface area contributed by atoms with Gasteiger partial charge in [-0.05, 0) is 43.3 Å². The molecule has 3 rings (SSSR count). The van der Waals surface area contributed by atoms with Gasteiger partial charge in [-0.15, -0.1) is 0 Å². The molecule has 0 radical (unpaired) electrons. The minimum Gasteiger partial charge on any atom is -0.497 e. The van der Waals surface area contributed by atoms with E-state index < -0.39 is 11.9 Å². The van der Waals surface area contributed by atoms with Crippen LogP contribution in [0.2, 0.25) is 5.02 Å². The molecule has 0 saturated heterocycles. The van der Waals surface area contributed by atoms with Crippen molar-refractivity contribution in [2.24, 2.45) is 4.99 Å². The molecule has 0 saturated carbocycles. The number of amides is 1. The second-order valence-corrected chi connectivity index (χ2v) is 7.32. The molecule has 0 spiro atoms. The number of carbonyl (C=O) groups is 2. The van der Waals surface area contributed by atoms with E-state index >= 15 is 0 Å². The Morgan fingerprint density at radius 3 is 2.62 bits per heavy atom. The smallest absolute Gasteiger partial charge is 0.326 e. The number of nitrogens with zero attached hydrogens (tertiary/aromatic N) is 2. The van der Waals surface area contributed by atoms with Crippen molar-refractivity contribution in [3.63, 3.8) is 0 Å². The molecule has 1 heterocycles. The van der Waals surface area contributed by atoms with Gasteiger partial charge in [0, 0.05) is 5.02 Å². The predicted octanol–water partition coefficient (Wildman–Crippen LogP) is 3.68. The number of carbonyl (C=O) groups excluding carboxylic acids is 2. The Morgan fingerprint density at radius 2 is 1.93 bits per heavy atom. The van der Waals surface area contributed by atoms with Crippen molar-refractivity contribution in [2.75, 3.05) is 20.8 Å². The molecule has 0 unspecified atom stereocenters. The second kappa shape index (κ2) is 9.11. The molecule has 1 amide bonds. The van der Waals surface area contributed by atoms with Crippen LogP contribution in [0.15, 0.2) is 41.4 Å². The van der Waals surface area contributed by atoms with Crippen LogP contribution in [0.5, 0.6) is 11.5 Å². The molecule has 0 bridgehead atoms. The number of benzene rings is 2. The number of thiazole rings is 1. The molecule has 0 fully saturated rings. The zero-order valence-corrected chi connectivity index (χ0v) is 17.7. The number of rotatable bonds is 6. The predicted molar refractivity (Wildman–Crippen MR) is 111 cm³/mol. The topological polar surface area (TPSA) is 79.1 Å². The highest BCUT2D eigenvalue weighted by Gasteiger charge is 2.16. The summed E-state index contributed by atoms with van der Waals surface area (Å²) >= 11 is 7.29. The first-order valence-electron chi connectivity index (χ1n) is 8.72. The van der Waals surface area contributed by atoms with E-state index in [1.54, 1.807) is 36.8 Å². The van der Waals surface area contributed by atoms with Crippen LogP contribution in [-0.4, -0.2) is 37.3 Å². The Labute approximate surface area is 176 Å². The molecule has 2 aromatic carbocycles. The fraction of sp³-hybridized carbons (Fsp3) is 0.250. The number of aromatic nitrogens is 1. The maximum atomic E-state index is 12.9. The van der Waals surface area contributed by atoms with Gasteiger partial charge in [0.25, 0.3) is 5.91 Å². The van der Waals surface area contributed by atoms with Crippen LogP contribution in [0.1, 0.15) is 17.3 Å². The Kier molecular flexibility index (Phi) is 6.56. The summed E-state index contributed by atoms with van der Waals surface area (Å²) in [4.78, 5) is 29.6. The third-order valence-corrected chi connectivity index (χ3v) is 5.35. The molecule has 1 aromatic heterocycles. The highest BCUT2D eigenvalue weighted by molar-refractivity contribution is 7.16. The van der Waals surface area contributed by atoms with E-state index in [-0.39, 0.29) is 18.7 Å². The van der Waals surface area contributed by atoms with Gasteiger partial charge in [0.05, 0.1) is 36.6 Å². The van der Waals surface area contributed by atoms with Crippen molar-refractivity contribution in [1.82, 2.24) is 4.57 Å². The lowest BCUT2D eigenvalue weighted by Gasteiger charge is -2.07. The maximum Gasteiger partial charge on any atom is 0.326 e. The van der Waals surface area contributed by atoms with E-state index in [4.69, 9.17) is 25.8 Å². The molecule has 29 heavy (non-hydrogen) atoms. The Balaban J connectivity index is 2.15. The number of hydrogen-bond donors (Lipinski definition) is 0. The van der Waals surface area contributed by atoms with Crippen LogP contribution < -0.4 is 14.3 Å². The lowest BCUT2D eigenvalue weighted by Crippen LogP contribution is -2.23. The maximum absolute atomic E-state index is 12.9. The summed E-state index contributed by atoms with van der Waals surface area (Å²) in [6, 6.07) is 10.1. The van der Waals surface area contributed by atoms with Crippen LogP contribution in [0.4, 0.5) is 0 Å². The first-order valence-corrected chi connectivity index (χ1v) is 9.91. The number of ether oxygens (including phenoxy) is 3. The molecular formula is C20H19ClN2O5S. The van der Waals surface area contributed by atoms with Crippen LogP contribution in [-0.2, 0) is 16.1 Å². The lowest BCUT2D eigenvalue weighted by atomic mass is 10.2. The first kappa shape index (κ1) is 20.9. The van der Waals surface area contributed by atoms with Crippen molar-refractivity contribution >= 4 is 45.0 Å². The van der Waals surface area contributed by atoms with E-state index in [2.05, 4.69) is 4.99 Å². The van der Waals surface area contributed by atoms with Gasteiger partial charge in [0.15, 0.2) is 4.80 Å². The third-order valence-electron chi connectivity index (χ3n) is 4.07. The quantitative estimate of drug-likeness (QED) is 0.553. The normalized spacial score (nSPS) is 11.5. The van der Waals surface area contributed by atoms with Gasteiger partial charge in [-0.3, -0.25) is 9.59 Å². The SMILES string of the molecule is CCOC(=O)Cn1c(=NC(=O)c2cc(Cl)ccc2OC)sc2cc(OC)ccc21. The lowest BCUT2D eigenvalue weighted by molar-refractivity contribution is -0.143. The molecule has 0 atom stereocenters. The molecule has 0 aliphatic carbocycles. The van der Waals surface area contributed by atoms with Crippen LogP contribution in [0.25, 0.3) is 10.2 Å². The molecular weight excluding hydrogens is 416 g/mol. The van der Waals surface area contributed by atoms with E-state index in [0.29, 0.717) is 21.3 Å². The summed E-state index contributed by atoms with van der Waals surface area (Å²) in [7, 11) is 3.04. The van der Waals surface area contributed by atoms with Gasteiger partial charge < -0.3 is 18.8 Å². The zero-order valence-electron chi connectivity index (χ0n) is 16.1. The average Bonchev–Trinajstić information content (AvgIpc) is 3.04. The molecule has 0 aliphatic rings. The highest BCUT2D eigenvalue weighted by Crippen LogP contribution is 2.25. The van der Waals surface area contributed by atoms with Gasteiger partial charge in [-0.1, -0.05) is 22.9 Å². The number of fused-ring (bicyclic) bond motifs is 1. The van der Waals surface area contributed by atoms with E-state index in [0.717, 1.165) is 10.2 Å². The monoisotopic (exact) mass is 434 g/mol. The number of hydrogen-bond acceptors (Lipinski definition) is 6. The van der Waals surface area contributed by atoms with Crippen LogP contribution in [0.3, 0.4) is 0 Å². The fourth-order valence-electron chi connectivity index (χ4n) is 2.75. The molecule has 152 valence electrons. The van der Waals surface area contributed by atoms with Gasteiger partial charge in [-0.2, -0.15) is 4.99 Å². The van der Waals surface area contributed by atoms with Gasteiger partial charge in [-0.25, -0.2) is 0 Å². The second-order valence-electron chi connectivity index (χ2n) is 5.87. The number of halogens is 1. The van der Waals surface area contributed by atoms with Crippen molar-refractivity contribution in [3.05, 3.63) is 51.8 Å². The van der Waals surface area contributed by atoms with Crippen LogP contribution >= 0.6 is 22.9 Å². The van der Waals surface area contributed by atoms with E-state index in [1.165, 1.54) is 24.5 Å². The van der Waals surface area contributed by atoms with Crippen LogP contribution in [0, 0.1) is 0 Å². The summed E-state index contributed by atoms with van der Waals surface area (Å²) in [5, 5.41) is 0.393. The first-order chi connectivity index (χ1) is 14.0. The zero-order chi connectivity index (χ0) is 21.0. The number of esters is 1. The van der Waals surface area contributed by atoms with Gasteiger partial charge in [0.1, 0.15) is 18.0 Å². The summed E-state index contributed by atoms with van der Waals surface area (Å²) in [5.74, 6) is 0.0806. The molecule has 9 heteroatoms. The Hall–Kier alpha value is -2.84. The van der Waals surface area contributed by atoms with Crippen molar-refractivity contribution < 1.29 is 23.8 Å². The minimum absolute atomic E-state index is 0.0705. The molecule has 7 nitrogen and oxygen atoms in total. The van der Waals surface area contributed by atoms with Crippen molar-refractivity contribution in [1.29, 1.82) is 0 Å². The average molecular weight is 435 g/mol. The molecule has 3 aromatic rings. The third kappa shape index (κ3) is 4.60. The van der Waals surface area contributed by atoms with Crippen molar-refractivity contribution in [2.45, 2.75) is 13.5 Å². The van der Waals surface area contributed by atoms with E-state index in [1.807, 2.05) is 12.1 Å². The molecule has 0 aliphatic heterocycles. The van der Waals surface area contributed by atoms with E-state index in [9.17, 15) is 9.59 Å². The summed E-state index contributed by atoms with van der Waals surface area (Å²) in [6.45, 7) is 1.93. The summed E-state index contributed by atoms with van der Waals surface area (Å²) < 4.78 is 18.0. The summed E-state index contributed by atoms with van der Waals surface area (Å²) in [5.41, 5.74) is 0.978. The number of methoxy groups -OCH3 is 2.